The van der Waals surface area contributed by atoms with Crippen LogP contribution < -0.4 is 10.6 Å². The Morgan fingerprint density at radius 2 is 1.78 bits per heavy atom. The number of H-pyrrole nitrogens is 1. The van der Waals surface area contributed by atoms with Gasteiger partial charge in [0, 0.05) is 23.1 Å². The quantitative estimate of drug-likeness (QED) is 0.419. The number of aryl methyl sites for hydroxylation is 2. The van der Waals surface area contributed by atoms with E-state index in [1.807, 2.05) is 38.1 Å². The van der Waals surface area contributed by atoms with Crippen LogP contribution in [0.15, 0.2) is 36.5 Å². The average Bonchev–Trinajstić information content (AvgIpc) is 3.81. The Labute approximate surface area is 210 Å². The Morgan fingerprint density at radius 3 is 2.33 bits per heavy atom. The number of aromatic amines is 1. The number of amides is 2. The molecule has 0 saturated heterocycles. The number of benzene rings is 1. The van der Waals surface area contributed by atoms with Crippen LogP contribution in [0.2, 0.25) is 0 Å². The van der Waals surface area contributed by atoms with Gasteiger partial charge < -0.3 is 10.6 Å². The summed E-state index contributed by atoms with van der Waals surface area (Å²) in [5.74, 6) is 0.406. The van der Waals surface area contributed by atoms with Gasteiger partial charge in [-0.15, -0.1) is 0 Å². The smallest absolute Gasteiger partial charge is 0.270 e. The maximum absolute atomic E-state index is 13.6. The number of nitriles is 1. The molecule has 2 aromatic heterocycles. The monoisotopic (exact) mass is 485 g/mol. The van der Waals surface area contributed by atoms with E-state index in [0.29, 0.717) is 17.5 Å². The van der Waals surface area contributed by atoms with Gasteiger partial charge in [-0.05, 0) is 88.0 Å². The first kappa shape index (κ1) is 23.8. The molecule has 9 nitrogen and oxygen atoms in total. The Morgan fingerprint density at radius 1 is 1.11 bits per heavy atom. The normalized spacial score (nSPS) is 16.9. The average molecular weight is 486 g/mol. The van der Waals surface area contributed by atoms with Crippen LogP contribution in [0, 0.1) is 42.9 Å². The summed E-state index contributed by atoms with van der Waals surface area (Å²) in [7, 11) is 0. The van der Waals surface area contributed by atoms with Crippen molar-refractivity contribution in [3.05, 3.63) is 53.6 Å². The minimum Gasteiger partial charge on any atom is -0.339 e. The largest absolute Gasteiger partial charge is 0.339 e. The van der Waals surface area contributed by atoms with Crippen LogP contribution in [0.4, 0.5) is 5.69 Å². The van der Waals surface area contributed by atoms with E-state index in [-0.39, 0.29) is 23.4 Å². The van der Waals surface area contributed by atoms with Crippen molar-refractivity contribution in [2.45, 2.75) is 58.5 Å². The molecule has 2 fully saturated rings. The first-order valence-electron chi connectivity index (χ1n) is 12.5. The maximum atomic E-state index is 13.6. The lowest BCUT2D eigenvalue weighted by molar-refractivity contribution is -0.119. The van der Waals surface area contributed by atoms with Gasteiger partial charge in [-0.1, -0.05) is 12.1 Å². The molecular weight excluding hydrogens is 454 g/mol. The Hall–Kier alpha value is -3.93. The van der Waals surface area contributed by atoms with Crippen LogP contribution in [-0.4, -0.2) is 37.8 Å². The molecule has 2 atom stereocenters. The van der Waals surface area contributed by atoms with Gasteiger partial charge >= 0.3 is 0 Å². The van der Waals surface area contributed by atoms with Gasteiger partial charge in [-0.3, -0.25) is 14.7 Å². The second kappa shape index (κ2) is 9.61. The highest BCUT2D eigenvalue weighted by Gasteiger charge is 2.48. The molecule has 0 bridgehead atoms. The highest BCUT2D eigenvalue weighted by atomic mass is 16.2. The van der Waals surface area contributed by atoms with Crippen LogP contribution in [0.25, 0.3) is 11.1 Å². The van der Waals surface area contributed by atoms with Crippen molar-refractivity contribution in [1.29, 1.82) is 5.26 Å². The number of rotatable bonds is 9. The van der Waals surface area contributed by atoms with Crippen LogP contribution in [0.3, 0.4) is 0 Å². The first-order chi connectivity index (χ1) is 17.4. The molecule has 2 heterocycles. The lowest BCUT2D eigenvalue weighted by Gasteiger charge is -2.27. The van der Waals surface area contributed by atoms with E-state index in [1.54, 1.807) is 13.0 Å². The van der Waals surface area contributed by atoms with Gasteiger partial charge in [-0.25, -0.2) is 4.68 Å². The summed E-state index contributed by atoms with van der Waals surface area (Å²) in [6, 6.07) is 10.1. The van der Waals surface area contributed by atoms with Gasteiger partial charge in [0.15, 0.2) is 0 Å². The van der Waals surface area contributed by atoms with E-state index < -0.39 is 12.1 Å². The summed E-state index contributed by atoms with van der Waals surface area (Å²) >= 11 is 0. The molecule has 3 aromatic rings. The molecule has 3 N–H and O–H groups in total. The number of carbonyl (C=O) groups is 2. The molecule has 0 spiro atoms. The van der Waals surface area contributed by atoms with Crippen LogP contribution in [0.5, 0.6) is 0 Å². The molecule has 2 aliphatic rings. The Bertz CT molecular complexity index is 1280. The zero-order valence-electron chi connectivity index (χ0n) is 20.8. The van der Waals surface area contributed by atoms with E-state index >= 15 is 0 Å². The molecule has 2 saturated carbocycles. The molecule has 9 heteroatoms. The SMILES string of the molecule is Cc1n[nH]c(C)c1-c1ccc(NC(=O)[C@@H](NC(=O)c2ccnn2C(C)C#N)C(C2CC2)C2CC2)cc1. The van der Waals surface area contributed by atoms with Crippen molar-refractivity contribution >= 4 is 17.5 Å². The Balaban J connectivity index is 1.36. The molecule has 186 valence electrons. The van der Waals surface area contributed by atoms with Crippen LogP contribution >= 0.6 is 0 Å². The summed E-state index contributed by atoms with van der Waals surface area (Å²) < 4.78 is 1.39. The zero-order chi connectivity index (χ0) is 25.4. The van der Waals surface area contributed by atoms with Crippen molar-refractivity contribution in [3.8, 4) is 17.2 Å². The molecule has 2 amide bonds. The fourth-order valence-corrected chi connectivity index (χ4v) is 5.22. The van der Waals surface area contributed by atoms with Crippen LogP contribution in [0.1, 0.15) is 60.5 Å². The summed E-state index contributed by atoms with van der Waals surface area (Å²) in [6.45, 7) is 5.62. The number of aromatic nitrogens is 4. The molecule has 2 aliphatic carbocycles. The number of anilines is 1. The molecular formula is C27H31N7O2. The third-order valence-corrected chi connectivity index (χ3v) is 7.31. The van der Waals surface area contributed by atoms with Crippen molar-refractivity contribution < 1.29 is 9.59 Å². The third kappa shape index (κ3) is 4.76. The summed E-state index contributed by atoms with van der Waals surface area (Å²) in [6.07, 6.45) is 5.84. The number of nitrogens with one attached hydrogen (secondary N) is 3. The summed E-state index contributed by atoms with van der Waals surface area (Å²) in [4.78, 5) is 26.9. The molecule has 5 rings (SSSR count). The fraction of sp³-hybridized carbons (Fsp3) is 0.444. The number of nitrogens with zero attached hydrogens (tertiary/aromatic N) is 4. The van der Waals surface area contributed by atoms with Crippen molar-refractivity contribution in [2.75, 3.05) is 5.32 Å². The van der Waals surface area contributed by atoms with Gasteiger partial charge in [0.05, 0.1) is 11.8 Å². The first-order valence-corrected chi connectivity index (χ1v) is 12.5. The van der Waals surface area contributed by atoms with Crippen molar-refractivity contribution in [1.82, 2.24) is 25.3 Å². The standard InChI is InChI=1S/C27H31N7O2/c1-15(14-28)34-22(12-13-29-34)26(35)31-25(24(19-4-5-19)20-6-7-20)27(36)30-21-10-8-18(9-11-21)23-16(2)32-33-17(23)3/h8-13,15,19-20,24-25H,4-7H2,1-3H3,(H,30,36)(H,31,35)(H,32,33)/t15?,25-/m0/s1. The minimum absolute atomic E-state index is 0.106. The topological polar surface area (TPSA) is 128 Å². The van der Waals surface area contributed by atoms with E-state index in [0.717, 1.165) is 48.2 Å². The maximum Gasteiger partial charge on any atom is 0.270 e. The van der Waals surface area contributed by atoms with Gasteiger partial charge in [-0.2, -0.15) is 15.5 Å². The van der Waals surface area contributed by atoms with E-state index in [4.69, 9.17) is 0 Å². The molecule has 1 unspecified atom stereocenters. The number of carbonyl (C=O) groups excluding carboxylic acids is 2. The molecule has 36 heavy (non-hydrogen) atoms. The highest BCUT2D eigenvalue weighted by molar-refractivity contribution is 6.01. The van der Waals surface area contributed by atoms with Crippen LogP contribution in [-0.2, 0) is 4.79 Å². The summed E-state index contributed by atoms with van der Waals surface area (Å²) in [5.41, 5.74) is 4.96. The van der Waals surface area contributed by atoms with Gasteiger partial charge in [0.2, 0.25) is 5.91 Å². The lowest BCUT2D eigenvalue weighted by atomic mass is 9.88. The van der Waals surface area contributed by atoms with E-state index in [1.165, 1.54) is 10.9 Å². The second-order valence-corrected chi connectivity index (χ2v) is 10.0. The molecule has 0 aliphatic heterocycles. The second-order valence-electron chi connectivity index (χ2n) is 10.0. The summed E-state index contributed by atoms with van der Waals surface area (Å²) in [5, 5.41) is 26.8. The molecule has 0 radical (unpaired) electrons. The zero-order valence-corrected chi connectivity index (χ0v) is 20.8. The van der Waals surface area contributed by atoms with Crippen molar-refractivity contribution in [2.24, 2.45) is 17.8 Å². The highest BCUT2D eigenvalue weighted by Crippen LogP contribution is 2.51. The number of hydrogen-bond donors (Lipinski definition) is 3. The Kier molecular flexibility index (Phi) is 6.35. The predicted octanol–water partition coefficient (Wildman–Crippen LogP) is 4.15. The minimum atomic E-state index is -0.656. The van der Waals surface area contributed by atoms with Gasteiger partial charge in [0.1, 0.15) is 17.8 Å². The van der Waals surface area contributed by atoms with E-state index in [2.05, 4.69) is 32.0 Å². The van der Waals surface area contributed by atoms with E-state index in [9.17, 15) is 14.9 Å². The number of hydrogen-bond acceptors (Lipinski definition) is 5. The predicted molar refractivity (Wildman–Crippen MR) is 135 cm³/mol. The van der Waals surface area contributed by atoms with Gasteiger partial charge in [0.25, 0.3) is 5.91 Å². The molecule has 1 aromatic carbocycles. The fourth-order valence-electron chi connectivity index (χ4n) is 5.22. The van der Waals surface area contributed by atoms with Crippen molar-refractivity contribution in [3.63, 3.8) is 0 Å². The third-order valence-electron chi connectivity index (χ3n) is 7.31. The lowest BCUT2D eigenvalue weighted by Crippen LogP contribution is -2.50.